The smallest absolute Gasteiger partial charge is 0.0795 e. The number of nitrogens with one attached hydrogen (secondary N) is 1. The van der Waals surface area contributed by atoms with Gasteiger partial charge >= 0.3 is 0 Å². The SMILES string of the molecule is CNC(Cc1cc(Br)cs1)c1cscn1. The first-order valence-corrected chi connectivity index (χ1v) is 7.19. The maximum absolute atomic E-state index is 4.34. The summed E-state index contributed by atoms with van der Waals surface area (Å²) in [5.41, 5.74) is 3.01. The van der Waals surface area contributed by atoms with Crippen molar-refractivity contribution in [3.8, 4) is 0 Å². The summed E-state index contributed by atoms with van der Waals surface area (Å²) in [7, 11) is 1.98. The quantitative estimate of drug-likeness (QED) is 0.935. The van der Waals surface area contributed by atoms with Crippen molar-refractivity contribution in [1.82, 2.24) is 10.3 Å². The van der Waals surface area contributed by atoms with Crippen molar-refractivity contribution in [3.63, 3.8) is 0 Å². The molecule has 15 heavy (non-hydrogen) atoms. The normalized spacial score (nSPS) is 12.9. The molecule has 0 aliphatic rings. The van der Waals surface area contributed by atoms with Crippen molar-refractivity contribution in [2.24, 2.45) is 0 Å². The van der Waals surface area contributed by atoms with Crippen LogP contribution in [-0.4, -0.2) is 12.0 Å². The van der Waals surface area contributed by atoms with Crippen molar-refractivity contribution >= 4 is 38.6 Å². The average molecular weight is 303 g/mol. The van der Waals surface area contributed by atoms with Gasteiger partial charge in [-0.1, -0.05) is 0 Å². The van der Waals surface area contributed by atoms with E-state index in [0.717, 1.165) is 16.6 Å². The third-order valence-electron chi connectivity index (χ3n) is 2.18. The van der Waals surface area contributed by atoms with E-state index in [0.29, 0.717) is 6.04 Å². The summed E-state index contributed by atoms with van der Waals surface area (Å²) >= 11 is 6.89. The number of halogens is 1. The van der Waals surface area contributed by atoms with Gasteiger partial charge in [-0.05, 0) is 29.0 Å². The fourth-order valence-electron chi connectivity index (χ4n) is 1.41. The van der Waals surface area contributed by atoms with Crippen LogP contribution in [0.1, 0.15) is 16.6 Å². The molecule has 0 radical (unpaired) electrons. The van der Waals surface area contributed by atoms with Gasteiger partial charge in [-0.2, -0.15) is 0 Å². The summed E-state index contributed by atoms with van der Waals surface area (Å²) in [5.74, 6) is 0. The molecular formula is C10H11BrN2S2. The summed E-state index contributed by atoms with van der Waals surface area (Å²) in [6.45, 7) is 0. The molecule has 2 nitrogen and oxygen atoms in total. The zero-order valence-corrected chi connectivity index (χ0v) is 11.5. The average Bonchev–Trinajstić information content (AvgIpc) is 2.85. The standard InChI is InChI=1S/C10H11BrN2S2/c1-12-9(10-5-14-6-13-10)3-8-2-7(11)4-15-8/h2,4-6,9,12H,3H2,1H3. The lowest BCUT2D eigenvalue weighted by Crippen LogP contribution is -2.18. The molecule has 0 fully saturated rings. The summed E-state index contributed by atoms with van der Waals surface area (Å²) in [4.78, 5) is 5.71. The second kappa shape index (κ2) is 5.21. The fraction of sp³-hybridized carbons (Fsp3) is 0.300. The van der Waals surface area contributed by atoms with Gasteiger partial charge in [0.15, 0.2) is 0 Å². The Kier molecular flexibility index (Phi) is 3.91. The van der Waals surface area contributed by atoms with Gasteiger partial charge in [-0.25, -0.2) is 4.98 Å². The highest BCUT2D eigenvalue weighted by atomic mass is 79.9. The molecule has 0 saturated heterocycles. The number of hydrogen-bond acceptors (Lipinski definition) is 4. The second-order valence-electron chi connectivity index (χ2n) is 3.19. The Morgan fingerprint density at radius 3 is 2.93 bits per heavy atom. The molecule has 2 aromatic heterocycles. The number of nitrogens with zero attached hydrogens (tertiary/aromatic N) is 1. The molecule has 0 spiro atoms. The van der Waals surface area contributed by atoms with Gasteiger partial charge in [0.25, 0.3) is 0 Å². The van der Waals surface area contributed by atoms with Crippen LogP contribution in [-0.2, 0) is 6.42 Å². The molecule has 1 atom stereocenters. The molecule has 0 saturated carbocycles. The van der Waals surface area contributed by atoms with Crippen LogP contribution in [0.25, 0.3) is 0 Å². The topological polar surface area (TPSA) is 24.9 Å². The van der Waals surface area contributed by atoms with Gasteiger partial charge in [-0.3, -0.25) is 0 Å². The predicted octanol–water partition coefficient (Wildman–Crippen LogP) is 3.47. The number of thiophene rings is 1. The summed E-state index contributed by atoms with van der Waals surface area (Å²) in [6, 6.07) is 2.49. The zero-order valence-electron chi connectivity index (χ0n) is 8.24. The molecule has 0 amide bonds. The Hall–Kier alpha value is -0.230. The molecule has 2 rings (SSSR count). The van der Waals surface area contributed by atoms with Gasteiger partial charge in [0.2, 0.25) is 0 Å². The Bertz CT molecular complexity index is 411. The Morgan fingerprint density at radius 1 is 1.53 bits per heavy atom. The Labute approximate surface area is 106 Å². The predicted molar refractivity (Wildman–Crippen MR) is 69.6 cm³/mol. The summed E-state index contributed by atoms with van der Waals surface area (Å²) in [6.07, 6.45) is 0.997. The molecular weight excluding hydrogens is 292 g/mol. The minimum Gasteiger partial charge on any atom is -0.311 e. The molecule has 1 N–H and O–H groups in total. The monoisotopic (exact) mass is 302 g/mol. The van der Waals surface area contributed by atoms with E-state index < -0.39 is 0 Å². The van der Waals surface area contributed by atoms with Crippen molar-refractivity contribution in [1.29, 1.82) is 0 Å². The van der Waals surface area contributed by atoms with E-state index in [1.807, 2.05) is 12.6 Å². The zero-order chi connectivity index (χ0) is 10.7. The van der Waals surface area contributed by atoms with Gasteiger partial charge < -0.3 is 5.32 Å². The van der Waals surface area contributed by atoms with Gasteiger partial charge in [-0.15, -0.1) is 22.7 Å². The molecule has 0 aliphatic heterocycles. The van der Waals surface area contributed by atoms with Crippen LogP contribution in [0.15, 0.2) is 26.8 Å². The van der Waals surface area contributed by atoms with E-state index in [1.54, 1.807) is 22.7 Å². The molecule has 80 valence electrons. The van der Waals surface area contributed by atoms with Crippen LogP contribution in [0.2, 0.25) is 0 Å². The number of likely N-dealkylation sites (N-methyl/N-ethyl adjacent to an activating group) is 1. The first kappa shape index (κ1) is 11.3. The lowest BCUT2D eigenvalue weighted by molar-refractivity contribution is 0.583. The minimum absolute atomic E-state index is 0.321. The van der Waals surface area contributed by atoms with Gasteiger partial charge in [0.1, 0.15) is 0 Å². The maximum Gasteiger partial charge on any atom is 0.0795 e. The Balaban J connectivity index is 2.09. The van der Waals surface area contributed by atoms with Crippen molar-refractivity contribution in [2.75, 3.05) is 7.05 Å². The maximum atomic E-state index is 4.34. The molecule has 1 unspecified atom stereocenters. The van der Waals surface area contributed by atoms with E-state index in [1.165, 1.54) is 4.88 Å². The Morgan fingerprint density at radius 2 is 2.40 bits per heavy atom. The molecule has 5 heteroatoms. The third-order valence-corrected chi connectivity index (χ3v) is 4.51. The van der Waals surface area contributed by atoms with Gasteiger partial charge in [0.05, 0.1) is 17.2 Å². The number of thiazole rings is 1. The van der Waals surface area contributed by atoms with E-state index in [2.05, 4.69) is 43.1 Å². The third kappa shape index (κ3) is 2.87. The highest BCUT2D eigenvalue weighted by Crippen LogP contribution is 2.25. The van der Waals surface area contributed by atoms with Gasteiger partial charge in [0, 0.05) is 26.5 Å². The summed E-state index contributed by atoms with van der Waals surface area (Å²) < 4.78 is 1.16. The highest BCUT2D eigenvalue weighted by molar-refractivity contribution is 9.10. The first-order valence-electron chi connectivity index (χ1n) is 4.58. The largest absolute Gasteiger partial charge is 0.311 e. The van der Waals surface area contributed by atoms with Crippen molar-refractivity contribution in [3.05, 3.63) is 37.4 Å². The molecule has 0 aromatic carbocycles. The molecule has 0 bridgehead atoms. The van der Waals surface area contributed by atoms with Crippen LogP contribution in [0, 0.1) is 0 Å². The minimum atomic E-state index is 0.321. The van der Waals surface area contributed by atoms with E-state index >= 15 is 0 Å². The second-order valence-corrected chi connectivity index (χ2v) is 5.82. The van der Waals surface area contributed by atoms with E-state index in [4.69, 9.17) is 0 Å². The first-order chi connectivity index (χ1) is 7.29. The van der Waals surface area contributed by atoms with Crippen LogP contribution >= 0.6 is 38.6 Å². The summed E-state index contributed by atoms with van der Waals surface area (Å²) in [5, 5.41) is 7.51. The number of rotatable bonds is 4. The highest BCUT2D eigenvalue weighted by Gasteiger charge is 2.12. The number of aromatic nitrogens is 1. The molecule has 2 heterocycles. The van der Waals surface area contributed by atoms with Crippen LogP contribution in [0.3, 0.4) is 0 Å². The van der Waals surface area contributed by atoms with Crippen LogP contribution in [0.4, 0.5) is 0 Å². The van der Waals surface area contributed by atoms with E-state index in [9.17, 15) is 0 Å². The van der Waals surface area contributed by atoms with Crippen molar-refractivity contribution < 1.29 is 0 Å². The van der Waals surface area contributed by atoms with Crippen LogP contribution in [0.5, 0.6) is 0 Å². The number of hydrogen-bond donors (Lipinski definition) is 1. The van der Waals surface area contributed by atoms with E-state index in [-0.39, 0.29) is 0 Å². The van der Waals surface area contributed by atoms with Crippen molar-refractivity contribution in [2.45, 2.75) is 12.5 Å². The lowest BCUT2D eigenvalue weighted by atomic mass is 10.1. The lowest BCUT2D eigenvalue weighted by Gasteiger charge is -2.12. The molecule has 0 aliphatic carbocycles. The van der Waals surface area contributed by atoms with Crippen LogP contribution < -0.4 is 5.32 Å². The molecule has 2 aromatic rings. The fourth-order valence-corrected chi connectivity index (χ4v) is 3.52.